The number of hydrogen-bond donors (Lipinski definition) is 0. The molecule has 8 heteroatoms. The molecule has 1 aliphatic carbocycles. The molecule has 25 heavy (non-hydrogen) atoms. The van der Waals surface area contributed by atoms with Crippen LogP contribution in [-0.4, -0.2) is 40.7 Å². The molecule has 138 valence electrons. The van der Waals surface area contributed by atoms with Crippen LogP contribution in [0.15, 0.2) is 18.2 Å². The van der Waals surface area contributed by atoms with E-state index in [1.807, 2.05) is 0 Å². The van der Waals surface area contributed by atoms with Gasteiger partial charge in [-0.25, -0.2) is 9.18 Å². The molecule has 0 heterocycles. The fraction of sp³-hybridized carbons (Fsp3) is 0.588. The third-order valence-corrected chi connectivity index (χ3v) is 4.00. The van der Waals surface area contributed by atoms with Gasteiger partial charge in [-0.2, -0.15) is 0 Å². The molecule has 2 rings (SSSR count). The van der Waals surface area contributed by atoms with Crippen LogP contribution in [0.1, 0.15) is 40.0 Å². The van der Waals surface area contributed by atoms with Gasteiger partial charge < -0.3 is 14.4 Å². The van der Waals surface area contributed by atoms with Crippen LogP contribution in [-0.2, 0) is 4.74 Å². The maximum atomic E-state index is 13.4. The van der Waals surface area contributed by atoms with Crippen LogP contribution in [0.5, 0.6) is 5.75 Å². The maximum Gasteiger partial charge on any atom is 0.410 e. The molecular formula is C17H23FN2O5. The van der Waals surface area contributed by atoms with Crippen molar-refractivity contribution in [3.05, 3.63) is 34.1 Å². The van der Waals surface area contributed by atoms with E-state index >= 15 is 0 Å². The highest BCUT2D eigenvalue weighted by atomic mass is 19.1. The van der Waals surface area contributed by atoms with Crippen molar-refractivity contribution in [1.29, 1.82) is 0 Å². The second kappa shape index (κ2) is 7.25. The van der Waals surface area contributed by atoms with Gasteiger partial charge in [-0.05, 0) is 39.7 Å². The van der Waals surface area contributed by atoms with E-state index in [0.29, 0.717) is 19.3 Å². The molecule has 0 saturated heterocycles. The number of hydrogen-bond acceptors (Lipinski definition) is 5. The van der Waals surface area contributed by atoms with Gasteiger partial charge in [0.2, 0.25) is 0 Å². The molecule has 1 saturated carbocycles. The van der Waals surface area contributed by atoms with E-state index in [4.69, 9.17) is 9.47 Å². The van der Waals surface area contributed by atoms with Gasteiger partial charge in [-0.3, -0.25) is 10.1 Å². The van der Waals surface area contributed by atoms with E-state index < -0.39 is 22.4 Å². The zero-order valence-electron chi connectivity index (χ0n) is 14.8. The van der Waals surface area contributed by atoms with Gasteiger partial charge >= 0.3 is 11.8 Å². The predicted molar refractivity (Wildman–Crippen MR) is 89.1 cm³/mol. The fourth-order valence-corrected chi connectivity index (χ4v) is 2.77. The SMILES string of the molecule is CN(C(=O)OC(C)(C)C)[C@H]1CC[C@H](Oc2cc(F)ccc2[N+](=O)[O-])C1. The highest BCUT2D eigenvalue weighted by Gasteiger charge is 2.34. The van der Waals surface area contributed by atoms with E-state index in [1.54, 1.807) is 27.8 Å². The van der Waals surface area contributed by atoms with E-state index in [1.165, 1.54) is 4.90 Å². The summed E-state index contributed by atoms with van der Waals surface area (Å²) in [6, 6.07) is 3.04. The number of nitro benzene ring substituents is 1. The Balaban J connectivity index is 2.01. The van der Waals surface area contributed by atoms with Crippen LogP contribution >= 0.6 is 0 Å². The molecule has 2 atom stereocenters. The van der Waals surface area contributed by atoms with Crippen molar-refractivity contribution in [3.8, 4) is 5.75 Å². The normalized spacial score (nSPS) is 20.2. The first-order valence-corrected chi connectivity index (χ1v) is 8.13. The minimum atomic E-state index is -0.603. The molecule has 0 spiro atoms. The summed E-state index contributed by atoms with van der Waals surface area (Å²) in [5.74, 6) is -0.684. The van der Waals surface area contributed by atoms with E-state index in [9.17, 15) is 19.3 Å². The Labute approximate surface area is 145 Å². The summed E-state index contributed by atoms with van der Waals surface area (Å²) in [4.78, 5) is 24.1. The molecule has 0 N–H and O–H groups in total. The number of ether oxygens (including phenoxy) is 2. The van der Waals surface area contributed by atoms with Crippen molar-refractivity contribution >= 4 is 11.8 Å². The van der Waals surface area contributed by atoms with Gasteiger partial charge in [0.1, 0.15) is 17.5 Å². The molecule has 0 aliphatic heterocycles. The lowest BCUT2D eigenvalue weighted by Crippen LogP contribution is -2.40. The summed E-state index contributed by atoms with van der Waals surface area (Å²) in [5.41, 5.74) is -0.854. The lowest BCUT2D eigenvalue weighted by molar-refractivity contribution is -0.386. The molecule has 0 unspecified atom stereocenters. The molecule has 1 aromatic carbocycles. The third kappa shape index (κ3) is 5.04. The van der Waals surface area contributed by atoms with Gasteiger partial charge in [0, 0.05) is 31.6 Å². The van der Waals surface area contributed by atoms with Crippen LogP contribution in [0.2, 0.25) is 0 Å². The average Bonchev–Trinajstić information content (AvgIpc) is 2.92. The summed E-state index contributed by atoms with van der Waals surface area (Å²) in [6.07, 6.45) is 1.06. The van der Waals surface area contributed by atoms with Crippen LogP contribution in [0, 0.1) is 15.9 Å². The van der Waals surface area contributed by atoms with Crippen molar-refractivity contribution in [2.75, 3.05) is 7.05 Å². The van der Waals surface area contributed by atoms with Crippen molar-refractivity contribution in [1.82, 2.24) is 4.90 Å². The highest BCUT2D eigenvalue weighted by molar-refractivity contribution is 5.68. The van der Waals surface area contributed by atoms with E-state index in [-0.39, 0.29) is 23.6 Å². The summed E-state index contributed by atoms with van der Waals surface area (Å²) >= 11 is 0. The van der Waals surface area contributed by atoms with Gasteiger partial charge in [-0.1, -0.05) is 0 Å². The van der Waals surface area contributed by atoms with Crippen LogP contribution < -0.4 is 4.74 Å². The van der Waals surface area contributed by atoms with Crippen LogP contribution in [0.4, 0.5) is 14.9 Å². The lowest BCUT2D eigenvalue weighted by Gasteiger charge is -2.28. The maximum absolute atomic E-state index is 13.4. The number of carbonyl (C=O) groups excluding carboxylic acids is 1. The first-order valence-electron chi connectivity index (χ1n) is 8.13. The summed E-state index contributed by atoms with van der Waals surface area (Å²) in [7, 11) is 1.66. The fourth-order valence-electron chi connectivity index (χ4n) is 2.77. The molecule has 1 fully saturated rings. The number of nitrogens with zero attached hydrogens (tertiary/aromatic N) is 2. The first-order chi connectivity index (χ1) is 11.6. The Hall–Kier alpha value is -2.38. The third-order valence-electron chi connectivity index (χ3n) is 4.00. The molecule has 7 nitrogen and oxygen atoms in total. The van der Waals surface area contributed by atoms with E-state index in [0.717, 1.165) is 18.2 Å². The standard InChI is InChI=1S/C17H23FN2O5/c1-17(2,3)25-16(21)19(4)12-6-7-13(10-12)24-15-9-11(18)5-8-14(15)20(22)23/h5,8-9,12-13H,6-7,10H2,1-4H3/t12-,13-/m0/s1. The topological polar surface area (TPSA) is 81.9 Å². The monoisotopic (exact) mass is 354 g/mol. The average molecular weight is 354 g/mol. The first kappa shape index (κ1) is 19.0. The molecule has 0 aromatic heterocycles. The molecule has 1 amide bonds. The number of amides is 1. The molecule has 0 bridgehead atoms. The van der Waals surface area contributed by atoms with Gasteiger partial charge in [0.05, 0.1) is 4.92 Å². The lowest BCUT2D eigenvalue weighted by atomic mass is 10.2. The molecule has 0 radical (unpaired) electrons. The highest BCUT2D eigenvalue weighted by Crippen LogP contribution is 2.33. The smallest absolute Gasteiger partial charge is 0.410 e. The summed E-state index contributed by atoms with van der Waals surface area (Å²) in [6.45, 7) is 5.38. The zero-order valence-corrected chi connectivity index (χ0v) is 14.8. The van der Waals surface area contributed by atoms with Crippen molar-refractivity contribution < 1.29 is 23.6 Å². The van der Waals surface area contributed by atoms with Crippen molar-refractivity contribution in [3.63, 3.8) is 0 Å². The van der Waals surface area contributed by atoms with Gasteiger partial charge in [0.25, 0.3) is 0 Å². The Morgan fingerprint density at radius 3 is 2.64 bits per heavy atom. The second-order valence-electron chi connectivity index (χ2n) is 7.17. The minimum absolute atomic E-state index is 0.0874. The van der Waals surface area contributed by atoms with Crippen LogP contribution in [0.25, 0.3) is 0 Å². The predicted octanol–water partition coefficient (Wildman–Crippen LogP) is 3.90. The van der Waals surface area contributed by atoms with Gasteiger partial charge in [0.15, 0.2) is 5.75 Å². The van der Waals surface area contributed by atoms with Gasteiger partial charge in [-0.15, -0.1) is 0 Å². The molecule has 1 aromatic rings. The second-order valence-corrected chi connectivity index (χ2v) is 7.17. The largest absolute Gasteiger partial charge is 0.483 e. The van der Waals surface area contributed by atoms with Crippen molar-refractivity contribution in [2.45, 2.75) is 57.8 Å². The summed E-state index contributed by atoms with van der Waals surface area (Å²) in [5, 5.41) is 11.0. The number of nitro groups is 1. The Morgan fingerprint density at radius 2 is 2.04 bits per heavy atom. The Bertz CT molecular complexity index is 659. The minimum Gasteiger partial charge on any atom is -0.483 e. The van der Waals surface area contributed by atoms with Crippen LogP contribution in [0.3, 0.4) is 0 Å². The summed E-state index contributed by atoms with van der Waals surface area (Å²) < 4.78 is 24.4. The number of halogens is 1. The quantitative estimate of drug-likeness (QED) is 0.605. The van der Waals surface area contributed by atoms with E-state index in [2.05, 4.69) is 0 Å². The molecule has 1 aliphatic rings. The number of carbonyl (C=O) groups is 1. The Kier molecular flexibility index (Phi) is 5.49. The molecular weight excluding hydrogens is 331 g/mol. The number of benzene rings is 1. The van der Waals surface area contributed by atoms with Crippen molar-refractivity contribution in [2.24, 2.45) is 0 Å². The number of rotatable bonds is 4. The zero-order chi connectivity index (χ0) is 18.8. The Morgan fingerprint density at radius 1 is 1.36 bits per heavy atom.